The van der Waals surface area contributed by atoms with Crippen molar-refractivity contribution in [1.29, 1.82) is 0 Å². The van der Waals surface area contributed by atoms with Gasteiger partial charge in [0.25, 0.3) is 0 Å². The molecule has 6 nitrogen and oxygen atoms in total. The first kappa shape index (κ1) is 17.8. The van der Waals surface area contributed by atoms with Crippen molar-refractivity contribution in [3.05, 3.63) is 54.2 Å². The Hall–Kier alpha value is -2.02. The number of aliphatic hydroxyl groups is 1. The van der Waals surface area contributed by atoms with Crippen molar-refractivity contribution in [1.82, 2.24) is 15.1 Å². The summed E-state index contributed by atoms with van der Waals surface area (Å²) >= 11 is 0. The highest BCUT2D eigenvalue weighted by atomic mass is 16.5. The van der Waals surface area contributed by atoms with Crippen molar-refractivity contribution < 1.29 is 9.84 Å². The van der Waals surface area contributed by atoms with Crippen LogP contribution in [0.4, 0.5) is 5.82 Å². The van der Waals surface area contributed by atoms with E-state index < -0.39 is 6.10 Å². The van der Waals surface area contributed by atoms with E-state index in [1.54, 1.807) is 6.20 Å². The molecule has 0 spiro atoms. The highest BCUT2D eigenvalue weighted by molar-refractivity contribution is 5.36. The molecular weight excluding hydrogens is 316 g/mol. The number of aromatic nitrogens is 2. The molecule has 1 N–H and O–H groups in total. The molecule has 2 aromatic rings. The van der Waals surface area contributed by atoms with Gasteiger partial charge in [0.1, 0.15) is 0 Å². The molecule has 1 saturated heterocycles. The second-order valence-corrected chi connectivity index (χ2v) is 6.30. The second kappa shape index (κ2) is 8.89. The number of morpholine rings is 1. The van der Waals surface area contributed by atoms with Crippen molar-refractivity contribution in [2.75, 3.05) is 44.2 Å². The summed E-state index contributed by atoms with van der Waals surface area (Å²) in [6.45, 7) is 6.69. The van der Waals surface area contributed by atoms with Crippen molar-refractivity contribution >= 4 is 5.82 Å². The van der Waals surface area contributed by atoms with Crippen molar-refractivity contribution in [3.8, 4) is 0 Å². The predicted octanol–water partition coefficient (Wildman–Crippen LogP) is 1.74. The molecule has 0 amide bonds. The molecule has 1 aromatic carbocycles. The third-order valence-corrected chi connectivity index (χ3v) is 4.53. The molecule has 1 fully saturated rings. The Morgan fingerprint density at radius 1 is 1.28 bits per heavy atom. The van der Waals surface area contributed by atoms with Crippen LogP contribution in [0.2, 0.25) is 0 Å². The number of benzene rings is 1. The highest BCUT2D eigenvalue weighted by Crippen LogP contribution is 2.17. The molecule has 134 valence electrons. The molecule has 0 aliphatic carbocycles. The monoisotopic (exact) mass is 342 g/mol. The molecule has 6 heteroatoms. The molecule has 1 aliphatic rings. The summed E-state index contributed by atoms with van der Waals surface area (Å²) in [5.74, 6) is 0.870. The first-order chi connectivity index (χ1) is 12.3. The van der Waals surface area contributed by atoms with E-state index in [1.807, 2.05) is 42.5 Å². The summed E-state index contributed by atoms with van der Waals surface area (Å²) in [5, 5.41) is 18.6. The van der Waals surface area contributed by atoms with Gasteiger partial charge in [-0.1, -0.05) is 30.3 Å². The number of aliphatic hydroxyl groups excluding tert-OH is 1. The van der Waals surface area contributed by atoms with Crippen LogP contribution in [-0.2, 0) is 4.74 Å². The fourth-order valence-electron chi connectivity index (χ4n) is 3.17. The Morgan fingerprint density at radius 3 is 2.84 bits per heavy atom. The largest absolute Gasteiger partial charge is 0.387 e. The lowest BCUT2D eigenvalue weighted by atomic mass is 10.1. The van der Waals surface area contributed by atoms with Crippen molar-refractivity contribution in [3.63, 3.8) is 0 Å². The number of anilines is 1. The summed E-state index contributed by atoms with van der Waals surface area (Å²) in [4.78, 5) is 4.45. The second-order valence-electron chi connectivity index (χ2n) is 6.30. The van der Waals surface area contributed by atoms with E-state index in [2.05, 4.69) is 26.9 Å². The van der Waals surface area contributed by atoms with Crippen LogP contribution < -0.4 is 4.90 Å². The minimum atomic E-state index is -0.470. The van der Waals surface area contributed by atoms with Crippen molar-refractivity contribution in [2.45, 2.75) is 19.1 Å². The summed E-state index contributed by atoms with van der Waals surface area (Å²) in [6.07, 6.45) is 1.31. The molecular formula is C19H26N4O2. The molecule has 0 saturated carbocycles. The fraction of sp³-hybridized carbons (Fsp3) is 0.474. The van der Waals surface area contributed by atoms with Crippen molar-refractivity contribution in [2.24, 2.45) is 0 Å². The Kier molecular flexibility index (Phi) is 6.33. The number of nitrogens with zero attached hydrogens (tertiary/aromatic N) is 4. The zero-order valence-electron chi connectivity index (χ0n) is 14.7. The van der Waals surface area contributed by atoms with E-state index in [0.29, 0.717) is 13.2 Å². The van der Waals surface area contributed by atoms with E-state index in [-0.39, 0.29) is 6.10 Å². The van der Waals surface area contributed by atoms with Gasteiger partial charge in [0.05, 0.1) is 18.8 Å². The summed E-state index contributed by atoms with van der Waals surface area (Å²) in [5.41, 5.74) is 0.959. The maximum Gasteiger partial charge on any atom is 0.151 e. The zero-order chi connectivity index (χ0) is 17.5. The SMILES string of the molecule is CCN(CC1CN(CC(O)c2ccccc2)CCO1)c1cccnn1. The molecule has 1 aromatic heterocycles. The molecule has 25 heavy (non-hydrogen) atoms. The number of hydrogen-bond acceptors (Lipinski definition) is 6. The number of hydrogen-bond donors (Lipinski definition) is 1. The minimum Gasteiger partial charge on any atom is -0.387 e. The standard InChI is InChI=1S/C19H26N4O2/c1-2-23(19-9-6-10-20-21-19)14-17-13-22(11-12-25-17)15-18(24)16-7-4-3-5-8-16/h3-10,17-18,24H,2,11-15H2,1H3. The maximum atomic E-state index is 10.5. The van der Waals surface area contributed by atoms with Crippen LogP contribution in [0.5, 0.6) is 0 Å². The molecule has 0 radical (unpaired) electrons. The topological polar surface area (TPSA) is 61.7 Å². The van der Waals surface area contributed by atoms with E-state index in [1.165, 1.54) is 0 Å². The quantitative estimate of drug-likeness (QED) is 0.827. The summed E-state index contributed by atoms with van der Waals surface area (Å²) < 4.78 is 5.94. The van der Waals surface area contributed by atoms with Gasteiger partial charge in [-0.3, -0.25) is 4.90 Å². The zero-order valence-corrected chi connectivity index (χ0v) is 14.7. The summed E-state index contributed by atoms with van der Waals surface area (Å²) in [7, 11) is 0. The van der Waals surface area contributed by atoms with Gasteiger partial charge >= 0.3 is 0 Å². The Morgan fingerprint density at radius 2 is 2.12 bits per heavy atom. The van der Waals surface area contributed by atoms with Gasteiger partial charge in [-0.15, -0.1) is 5.10 Å². The van der Waals surface area contributed by atoms with Crippen LogP contribution in [-0.4, -0.2) is 65.6 Å². The van der Waals surface area contributed by atoms with Gasteiger partial charge < -0.3 is 14.7 Å². The Labute approximate surface area is 149 Å². The van der Waals surface area contributed by atoms with E-state index >= 15 is 0 Å². The predicted molar refractivity (Wildman–Crippen MR) is 97.5 cm³/mol. The van der Waals surface area contributed by atoms with Crippen LogP contribution in [0, 0.1) is 0 Å². The molecule has 2 unspecified atom stereocenters. The Bertz CT molecular complexity index is 626. The first-order valence-corrected chi connectivity index (χ1v) is 8.86. The number of likely N-dealkylation sites (N-methyl/N-ethyl adjacent to an activating group) is 1. The molecule has 1 aliphatic heterocycles. The average Bonchev–Trinajstić information content (AvgIpc) is 2.68. The minimum absolute atomic E-state index is 0.0960. The van der Waals surface area contributed by atoms with Gasteiger partial charge in [-0.05, 0) is 24.6 Å². The smallest absolute Gasteiger partial charge is 0.151 e. The lowest BCUT2D eigenvalue weighted by Gasteiger charge is -2.36. The molecule has 0 bridgehead atoms. The van der Waals surface area contributed by atoms with Crippen LogP contribution in [0.3, 0.4) is 0 Å². The third kappa shape index (κ3) is 4.98. The van der Waals surface area contributed by atoms with E-state index in [0.717, 1.165) is 37.6 Å². The van der Waals surface area contributed by atoms with Crippen LogP contribution in [0.25, 0.3) is 0 Å². The van der Waals surface area contributed by atoms with Crippen LogP contribution in [0.15, 0.2) is 48.7 Å². The van der Waals surface area contributed by atoms with Gasteiger partial charge in [0.15, 0.2) is 5.82 Å². The number of β-amino-alcohol motifs (C(OH)–C–C–N with tert-alkyl or cyclic N) is 1. The molecule has 3 rings (SSSR count). The normalized spacial score (nSPS) is 19.5. The number of rotatable bonds is 7. The van der Waals surface area contributed by atoms with E-state index in [4.69, 9.17) is 4.74 Å². The maximum absolute atomic E-state index is 10.5. The molecule has 2 heterocycles. The Balaban J connectivity index is 1.55. The van der Waals surface area contributed by atoms with Crippen LogP contribution in [0.1, 0.15) is 18.6 Å². The van der Waals surface area contributed by atoms with Crippen LogP contribution >= 0.6 is 0 Å². The molecule has 2 atom stereocenters. The third-order valence-electron chi connectivity index (χ3n) is 4.53. The lowest BCUT2D eigenvalue weighted by Crippen LogP contribution is -2.48. The first-order valence-electron chi connectivity index (χ1n) is 8.86. The number of ether oxygens (including phenoxy) is 1. The van der Waals surface area contributed by atoms with Gasteiger partial charge in [-0.25, -0.2) is 0 Å². The highest BCUT2D eigenvalue weighted by Gasteiger charge is 2.24. The lowest BCUT2D eigenvalue weighted by molar-refractivity contribution is -0.0368. The van der Waals surface area contributed by atoms with E-state index in [9.17, 15) is 5.11 Å². The van der Waals surface area contributed by atoms with Gasteiger partial charge in [0.2, 0.25) is 0 Å². The van der Waals surface area contributed by atoms with Gasteiger partial charge in [0, 0.05) is 38.9 Å². The summed E-state index contributed by atoms with van der Waals surface area (Å²) in [6, 6.07) is 13.7. The average molecular weight is 342 g/mol. The fourth-order valence-corrected chi connectivity index (χ4v) is 3.17. The van der Waals surface area contributed by atoms with Gasteiger partial charge in [-0.2, -0.15) is 5.10 Å².